The molecule has 2 aliphatic carbocycles. The lowest BCUT2D eigenvalue weighted by atomic mass is 9.65. The van der Waals surface area contributed by atoms with Crippen LogP contribution in [0.25, 0.3) is 5.76 Å². The highest BCUT2D eigenvalue weighted by atomic mass is 16.5. The molecule has 0 aromatic heterocycles. The molecular weight excluding hydrogens is 356 g/mol. The number of carbonyl (C=O) groups is 1. The van der Waals surface area contributed by atoms with Gasteiger partial charge in [0.05, 0.1) is 27.2 Å². The molecule has 1 N–H and O–H groups in total. The Morgan fingerprint density at radius 2 is 1.86 bits per heavy atom. The number of hydrogen-bond acceptors (Lipinski definition) is 5. The predicted molar refractivity (Wildman–Crippen MR) is 106 cm³/mol. The van der Waals surface area contributed by atoms with Crippen LogP contribution in [0.5, 0.6) is 11.5 Å². The van der Waals surface area contributed by atoms with Gasteiger partial charge >= 0.3 is 5.97 Å². The van der Waals surface area contributed by atoms with Crippen molar-refractivity contribution in [2.24, 2.45) is 5.92 Å². The number of rotatable bonds is 4. The predicted octanol–water partition coefficient (Wildman–Crippen LogP) is 4.22. The number of methoxy groups -OCH3 is 3. The second-order valence-corrected chi connectivity index (χ2v) is 7.31. The molecule has 0 fully saturated rings. The van der Waals surface area contributed by atoms with Crippen molar-refractivity contribution in [2.45, 2.75) is 24.7 Å². The molecule has 5 nitrogen and oxygen atoms in total. The van der Waals surface area contributed by atoms with Crippen LogP contribution in [0.2, 0.25) is 0 Å². The van der Waals surface area contributed by atoms with Crippen molar-refractivity contribution in [3.05, 3.63) is 64.7 Å². The van der Waals surface area contributed by atoms with Crippen molar-refractivity contribution in [3.63, 3.8) is 0 Å². The summed E-state index contributed by atoms with van der Waals surface area (Å²) in [5, 5.41) is 10.7. The van der Waals surface area contributed by atoms with Crippen molar-refractivity contribution in [1.82, 2.24) is 0 Å². The Kier molecular flexibility index (Phi) is 4.75. The van der Waals surface area contributed by atoms with Gasteiger partial charge < -0.3 is 19.3 Å². The first-order chi connectivity index (χ1) is 13.6. The van der Waals surface area contributed by atoms with Crippen LogP contribution >= 0.6 is 0 Å². The average molecular weight is 380 g/mol. The molecule has 0 heterocycles. The van der Waals surface area contributed by atoms with Crippen LogP contribution in [-0.2, 0) is 16.0 Å². The number of ether oxygens (including phenoxy) is 3. The Morgan fingerprint density at radius 1 is 1.11 bits per heavy atom. The zero-order chi connectivity index (χ0) is 19.8. The third-order valence-electron chi connectivity index (χ3n) is 5.96. The summed E-state index contributed by atoms with van der Waals surface area (Å²) in [6.45, 7) is 0. The standard InChI is InChI=1S/C23H24O5/c1-26-20-12-17-19(24)11-16(23(25)28-3)15-9-14(13-7-5-4-6-8-13)10-18(21(15)17)22(20)27-2/h4-8,11-12,14-16,24H,9-10H2,1-3H3/t14-,15+,16-/m0/s1. The molecule has 28 heavy (non-hydrogen) atoms. The van der Waals surface area contributed by atoms with E-state index in [1.165, 1.54) is 12.7 Å². The van der Waals surface area contributed by atoms with Gasteiger partial charge in [0.15, 0.2) is 11.5 Å². The lowest BCUT2D eigenvalue weighted by Gasteiger charge is -2.39. The van der Waals surface area contributed by atoms with Crippen molar-refractivity contribution in [3.8, 4) is 11.5 Å². The SMILES string of the molecule is COC(=O)[C@H]1C=C(O)c2cc(OC)c(OC)c3c2[C@@H]1C[C@H](c1ccccc1)C3. The van der Waals surface area contributed by atoms with E-state index in [0.717, 1.165) is 24.0 Å². The van der Waals surface area contributed by atoms with E-state index in [2.05, 4.69) is 12.1 Å². The maximum absolute atomic E-state index is 12.5. The molecule has 0 radical (unpaired) electrons. The van der Waals surface area contributed by atoms with E-state index in [1.807, 2.05) is 18.2 Å². The Labute approximate surface area is 164 Å². The Bertz CT molecular complexity index is 932. The van der Waals surface area contributed by atoms with Gasteiger partial charge in [0.25, 0.3) is 0 Å². The minimum absolute atomic E-state index is 0.0852. The van der Waals surface area contributed by atoms with Crippen LogP contribution in [0.3, 0.4) is 0 Å². The summed E-state index contributed by atoms with van der Waals surface area (Å²) in [6, 6.07) is 12.1. The normalized spacial score (nSPS) is 22.7. The zero-order valence-corrected chi connectivity index (χ0v) is 16.3. The van der Waals surface area contributed by atoms with Gasteiger partial charge in [-0.25, -0.2) is 0 Å². The monoisotopic (exact) mass is 380 g/mol. The molecule has 0 aliphatic heterocycles. The lowest BCUT2D eigenvalue weighted by Crippen LogP contribution is -2.32. The molecule has 0 unspecified atom stereocenters. The fourth-order valence-corrected chi connectivity index (χ4v) is 4.73. The topological polar surface area (TPSA) is 65.0 Å². The Hall–Kier alpha value is -2.95. The second kappa shape index (κ2) is 7.23. The molecule has 5 heteroatoms. The van der Waals surface area contributed by atoms with E-state index < -0.39 is 5.92 Å². The minimum Gasteiger partial charge on any atom is -0.508 e. The molecule has 0 spiro atoms. The number of esters is 1. The largest absolute Gasteiger partial charge is 0.508 e. The van der Waals surface area contributed by atoms with Crippen LogP contribution < -0.4 is 9.47 Å². The summed E-state index contributed by atoms with van der Waals surface area (Å²) in [4.78, 5) is 12.5. The number of benzene rings is 2. The van der Waals surface area contributed by atoms with Crippen LogP contribution in [-0.4, -0.2) is 32.4 Å². The van der Waals surface area contributed by atoms with Gasteiger partial charge in [-0.05, 0) is 42.0 Å². The van der Waals surface area contributed by atoms with Gasteiger partial charge in [-0.3, -0.25) is 4.79 Å². The highest BCUT2D eigenvalue weighted by Gasteiger charge is 2.43. The highest BCUT2D eigenvalue weighted by Crippen LogP contribution is 2.54. The smallest absolute Gasteiger partial charge is 0.313 e. The van der Waals surface area contributed by atoms with Crippen molar-refractivity contribution in [1.29, 1.82) is 0 Å². The number of aliphatic hydroxyl groups excluding tert-OH is 1. The third kappa shape index (κ3) is 2.82. The van der Waals surface area contributed by atoms with Crippen LogP contribution in [0, 0.1) is 5.92 Å². The second-order valence-electron chi connectivity index (χ2n) is 7.31. The van der Waals surface area contributed by atoms with Crippen LogP contribution in [0.1, 0.15) is 40.5 Å². The van der Waals surface area contributed by atoms with E-state index in [9.17, 15) is 9.90 Å². The molecule has 2 aromatic rings. The van der Waals surface area contributed by atoms with Crippen LogP contribution in [0.15, 0.2) is 42.5 Å². The summed E-state index contributed by atoms with van der Waals surface area (Å²) >= 11 is 0. The summed E-state index contributed by atoms with van der Waals surface area (Å²) in [7, 11) is 4.60. The van der Waals surface area contributed by atoms with E-state index >= 15 is 0 Å². The maximum atomic E-state index is 12.5. The van der Waals surface area contributed by atoms with Crippen LogP contribution in [0.4, 0.5) is 0 Å². The molecule has 0 saturated heterocycles. The molecule has 3 atom stereocenters. The third-order valence-corrected chi connectivity index (χ3v) is 5.96. The average Bonchev–Trinajstić information content (AvgIpc) is 2.75. The molecule has 2 aliphatic rings. The number of carbonyl (C=O) groups excluding carboxylic acids is 1. The van der Waals surface area contributed by atoms with Crippen molar-refractivity contribution in [2.75, 3.05) is 21.3 Å². The van der Waals surface area contributed by atoms with E-state index in [1.54, 1.807) is 26.4 Å². The summed E-state index contributed by atoms with van der Waals surface area (Å²) in [6.07, 6.45) is 3.16. The molecular formula is C23H24O5. The van der Waals surface area contributed by atoms with Gasteiger partial charge in [0, 0.05) is 17.0 Å². The minimum atomic E-state index is -0.527. The first-order valence-corrected chi connectivity index (χ1v) is 9.40. The number of hydrogen-bond donors (Lipinski definition) is 1. The van der Waals surface area contributed by atoms with E-state index in [-0.39, 0.29) is 23.6 Å². The number of aliphatic hydroxyl groups is 1. The van der Waals surface area contributed by atoms with E-state index in [0.29, 0.717) is 17.1 Å². The molecule has 0 amide bonds. The molecule has 0 saturated carbocycles. The molecule has 0 bridgehead atoms. The fourth-order valence-electron chi connectivity index (χ4n) is 4.73. The zero-order valence-electron chi connectivity index (χ0n) is 16.3. The van der Waals surface area contributed by atoms with Crippen molar-refractivity contribution >= 4 is 11.7 Å². The van der Waals surface area contributed by atoms with Gasteiger partial charge in [-0.2, -0.15) is 0 Å². The first-order valence-electron chi connectivity index (χ1n) is 9.40. The Balaban J connectivity index is 1.93. The highest BCUT2D eigenvalue weighted by molar-refractivity contribution is 5.83. The summed E-state index contributed by atoms with van der Waals surface area (Å²) in [5.74, 6) is 0.616. The van der Waals surface area contributed by atoms with Gasteiger partial charge in [-0.15, -0.1) is 0 Å². The van der Waals surface area contributed by atoms with Gasteiger partial charge in [-0.1, -0.05) is 30.3 Å². The summed E-state index contributed by atoms with van der Waals surface area (Å²) < 4.78 is 16.3. The lowest BCUT2D eigenvalue weighted by molar-refractivity contribution is -0.144. The van der Waals surface area contributed by atoms with Gasteiger partial charge in [0.2, 0.25) is 0 Å². The Morgan fingerprint density at radius 3 is 2.50 bits per heavy atom. The van der Waals surface area contributed by atoms with Gasteiger partial charge in [0.1, 0.15) is 5.76 Å². The fraction of sp³-hybridized carbons (Fsp3) is 0.348. The molecule has 4 rings (SSSR count). The van der Waals surface area contributed by atoms with Crippen molar-refractivity contribution < 1.29 is 24.1 Å². The molecule has 2 aromatic carbocycles. The molecule has 146 valence electrons. The van der Waals surface area contributed by atoms with E-state index in [4.69, 9.17) is 14.2 Å². The maximum Gasteiger partial charge on any atom is 0.313 e. The first kappa shape index (κ1) is 18.4. The summed E-state index contributed by atoms with van der Waals surface area (Å²) in [5.41, 5.74) is 3.90. The quantitative estimate of drug-likeness (QED) is 0.805.